The number of rotatable bonds is 0. The van der Waals surface area contributed by atoms with E-state index in [2.05, 4.69) is 40.2 Å². The highest BCUT2D eigenvalue weighted by Crippen LogP contribution is 2.36. The lowest BCUT2D eigenvalue weighted by Crippen LogP contribution is -2.16. The van der Waals surface area contributed by atoms with Crippen LogP contribution in [0, 0.1) is 0 Å². The molecule has 0 fully saturated rings. The van der Waals surface area contributed by atoms with Gasteiger partial charge in [-0.2, -0.15) is 0 Å². The molecule has 1 heterocycles. The molecule has 2 aromatic carbocycles. The van der Waals surface area contributed by atoms with Gasteiger partial charge in [-0.05, 0) is 17.5 Å². The molecule has 0 saturated carbocycles. The first-order valence-electron chi connectivity index (χ1n) is 5.65. The Morgan fingerprint density at radius 1 is 1.00 bits per heavy atom. The van der Waals surface area contributed by atoms with E-state index in [0.717, 1.165) is 5.69 Å². The fraction of sp³-hybridized carbons (Fsp3) is 0.214. The van der Waals surface area contributed by atoms with Crippen molar-refractivity contribution in [3.8, 4) is 0 Å². The number of hydrogen-bond acceptors (Lipinski definition) is 2. The molecule has 0 spiro atoms. The van der Waals surface area contributed by atoms with Crippen LogP contribution < -0.4 is 4.90 Å². The molecule has 1 aliphatic heterocycles. The summed E-state index contributed by atoms with van der Waals surface area (Å²) in [5.74, 6) is 0. The third kappa shape index (κ3) is 1.56. The van der Waals surface area contributed by atoms with Crippen LogP contribution in [0.2, 0.25) is 0 Å². The summed E-state index contributed by atoms with van der Waals surface area (Å²) >= 11 is 0. The third-order valence-electron chi connectivity index (χ3n) is 2.61. The van der Waals surface area contributed by atoms with Crippen LogP contribution in [0.1, 0.15) is 13.8 Å². The van der Waals surface area contributed by atoms with Crippen LogP contribution in [0.15, 0.2) is 41.4 Å². The second-order valence-corrected chi connectivity index (χ2v) is 3.51. The standard InChI is InChI=1S/C12H10N2.C2H6/c1-14-8-13-10-6-2-4-9-5-3-7-11(14)12(9)10;1-2/h2-8H,1H3;1-2H3. The van der Waals surface area contributed by atoms with Crippen LogP contribution in [0.4, 0.5) is 11.4 Å². The molecule has 1 aliphatic rings. The van der Waals surface area contributed by atoms with Gasteiger partial charge in [0, 0.05) is 12.4 Å². The van der Waals surface area contributed by atoms with Crippen LogP contribution in [-0.4, -0.2) is 13.4 Å². The summed E-state index contributed by atoms with van der Waals surface area (Å²) in [7, 11) is 2.02. The van der Waals surface area contributed by atoms with Crippen LogP contribution in [0.3, 0.4) is 0 Å². The molecule has 82 valence electrons. The molecule has 2 aromatic rings. The van der Waals surface area contributed by atoms with Gasteiger partial charge < -0.3 is 4.90 Å². The van der Waals surface area contributed by atoms with Gasteiger partial charge in [0.1, 0.15) is 0 Å². The second kappa shape index (κ2) is 4.35. The zero-order valence-corrected chi connectivity index (χ0v) is 9.94. The van der Waals surface area contributed by atoms with Crippen molar-refractivity contribution >= 4 is 28.5 Å². The zero-order valence-electron chi connectivity index (χ0n) is 9.94. The Bertz CT molecular complexity index is 524. The van der Waals surface area contributed by atoms with E-state index in [1.807, 2.05) is 33.3 Å². The number of anilines is 1. The van der Waals surface area contributed by atoms with Crippen molar-refractivity contribution in [1.82, 2.24) is 0 Å². The average molecular weight is 212 g/mol. The van der Waals surface area contributed by atoms with Gasteiger partial charge in [-0.25, -0.2) is 4.99 Å². The Morgan fingerprint density at radius 2 is 1.69 bits per heavy atom. The molecule has 0 amide bonds. The van der Waals surface area contributed by atoms with Crippen LogP contribution in [0.5, 0.6) is 0 Å². The first-order chi connectivity index (χ1) is 7.86. The zero-order chi connectivity index (χ0) is 11.5. The minimum atomic E-state index is 1.07. The highest BCUT2D eigenvalue weighted by Gasteiger charge is 2.11. The molecule has 0 radical (unpaired) electrons. The molecule has 0 atom stereocenters. The molecular weight excluding hydrogens is 196 g/mol. The molecule has 0 N–H and O–H groups in total. The fourth-order valence-electron chi connectivity index (χ4n) is 1.91. The van der Waals surface area contributed by atoms with E-state index in [4.69, 9.17) is 0 Å². The Morgan fingerprint density at radius 3 is 2.44 bits per heavy atom. The number of aliphatic imine (C=N–C) groups is 1. The van der Waals surface area contributed by atoms with Gasteiger partial charge in [-0.3, -0.25) is 0 Å². The van der Waals surface area contributed by atoms with Crippen molar-refractivity contribution in [3.05, 3.63) is 36.4 Å². The van der Waals surface area contributed by atoms with Gasteiger partial charge in [0.25, 0.3) is 0 Å². The molecule has 0 saturated heterocycles. The van der Waals surface area contributed by atoms with E-state index >= 15 is 0 Å². The first kappa shape index (κ1) is 10.7. The van der Waals surface area contributed by atoms with Gasteiger partial charge >= 0.3 is 0 Å². The number of benzene rings is 2. The Labute approximate surface area is 96.2 Å². The van der Waals surface area contributed by atoms with Crippen molar-refractivity contribution in [3.63, 3.8) is 0 Å². The van der Waals surface area contributed by atoms with Gasteiger partial charge in [-0.1, -0.05) is 38.1 Å². The maximum Gasteiger partial charge on any atom is 0.0954 e. The second-order valence-electron chi connectivity index (χ2n) is 3.51. The lowest BCUT2D eigenvalue weighted by molar-refractivity contribution is 1.28. The average Bonchev–Trinajstić information content (AvgIpc) is 2.37. The van der Waals surface area contributed by atoms with E-state index < -0.39 is 0 Å². The largest absolute Gasteiger partial charge is 0.335 e. The first-order valence-corrected chi connectivity index (χ1v) is 5.65. The fourth-order valence-corrected chi connectivity index (χ4v) is 1.91. The SMILES string of the molecule is CC.CN1C=Nc2cccc3cccc1c23. The number of hydrogen-bond donors (Lipinski definition) is 0. The van der Waals surface area contributed by atoms with Crippen molar-refractivity contribution in [2.24, 2.45) is 4.99 Å². The lowest BCUT2D eigenvalue weighted by atomic mass is 10.1. The van der Waals surface area contributed by atoms with E-state index in [0.29, 0.717) is 0 Å². The molecule has 0 bridgehead atoms. The molecule has 0 unspecified atom stereocenters. The summed E-state index contributed by atoms with van der Waals surface area (Å²) in [4.78, 5) is 6.44. The molecule has 3 rings (SSSR count). The summed E-state index contributed by atoms with van der Waals surface area (Å²) in [5.41, 5.74) is 2.30. The van der Waals surface area contributed by atoms with Crippen molar-refractivity contribution in [2.75, 3.05) is 11.9 Å². The van der Waals surface area contributed by atoms with Gasteiger partial charge in [0.15, 0.2) is 0 Å². The predicted molar refractivity (Wildman–Crippen MR) is 71.9 cm³/mol. The molecular formula is C14H16N2. The minimum absolute atomic E-state index is 1.07. The van der Waals surface area contributed by atoms with E-state index in [1.165, 1.54) is 16.5 Å². The molecule has 0 aliphatic carbocycles. The normalized spacial score (nSPS) is 12.3. The van der Waals surface area contributed by atoms with Gasteiger partial charge in [-0.15, -0.1) is 0 Å². The van der Waals surface area contributed by atoms with E-state index in [-0.39, 0.29) is 0 Å². The van der Waals surface area contributed by atoms with Crippen LogP contribution >= 0.6 is 0 Å². The summed E-state index contributed by atoms with van der Waals surface area (Å²) in [5, 5.41) is 2.50. The Kier molecular flexibility index (Phi) is 2.91. The predicted octanol–water partition coefficient (Wildman–Crippen LogP) is 3.98. The maximum atomic E-state index is 4.39. The highest BCUT2D eigenvalue weighted by atomic mass is 15.1. The van der Waals surface area contributed by atoms with E-state index in [9.17, 15) is 0 Å². The van der Waals surface area contributed by atoms with Crippen molar-refractivity contribution < 1.29 is 0 Å². The van der Waals surface area contributed by atoms with Gasteiger partial charge in [0.05, 0.1) is 17.7 Å². The smallest absolute Gasteiger partial charge is 0.0954 e. The van der Waals surface area contributed by atoms with Crippen molar-refractivity contribution in [2.45, 2.75) is 13.8 Å². The maximum absolute atomic E-state index is 4.39. The summed E-state index contributed by atoms with van der Waals surface area (Å²) in [6.45, 7) is 4.00. The topological polar surface area (TPSA) is 15.6 Å². The molecule has 16 heavy (non-hydrogen) atoms. The lowest BCUT2D eigenvalue weighted by Gasteiger charge is -2.20. The summed E-state index contributed by atoms with van der Waals surface area (Å²) in [6, 6.07) is 12.5. The van der Waals surface area contributed by atoms with Crippen LogP contribution in [-0.2, 0) is 0 Å². The van der Waals surface area contributed by atoms with Gasteiger partial charge in [0.2, 0.25) is 0 Å². The highest BCUT2D eigenvalue weighted by molar-refractivity contribution is 6.09. The molecule has 0 aromatic heterocycles. The Hall–Kier alpha value is -1.83. The number of nitrogens with zero attached hydrogens (tertiary/aromatic N) is 2. The third-order valence-corrected chi connectivity index (χ3v) is 2.61. The van der Waals surface area contributed by atoms with E-state index in [1.54, 1.807) is 0 Å². The monoisotopic (exact) mass is 212 g/mol. The molecule has 2 nitrogen and oxygen atoms in total. The molecule has 2 heteroatoms. The minimum Gasteiger partial charge on any atom is -0.335 e. The summed E-state index contributed by atoms with van der Waals surface area (Å²) < 4.78 is 0. The Balaban J connectivity index is 0.000000457. The quantitative estimate of drug-likeness (QED) is 0.645. The van der Waals surface area contributed by atoms with Crippen molar-refractivity contribution in [1.29, 1.82) is 0 Å². The van der Waals surface area contributed by atoms with Crippen LogP contribution in [0.25, 0.3) is 10.8 Å². The summed E-state index contributed by atoms with van der Waals surface area (Å²) in [6.07, 6.45) is 1.86.